The highest BCUT2D eigenvalue weighted by Crippen LogP contribution is 2.33. The Morgan fingerprint density at radius 1 is 1.31 bits per heavy atom. The van der Waals surface area contributed by atoms with Crippen molar-refractivity contribution in [3.63, 3.8) is 0 Å². The summed E-state index contributed by atoms with van der Waals surface area (Å²) in [5, 5.41) is 3.36. The van der Waals surface area contributed by atoms with Crippen LogP contribution in [-0.2, 0) is 0 Å². The summed E-state index contributed by atoms with van der Waals surface area (Å²) in [6, 6.07) is 4.87. The highest BCUT2D eigenvalue weighted by atomic mass is 19.3. The Morgan fingerprint density at radius 2 is 2.06 bits per heavy atom. The Balaban J connectivity index is 2.60. The van der Waals surface area contributed by atoms with Gasteiger partial charge in [0.1, 0.15) is 5.82 Å². The summed E-state index contributed by atoms with van der Waals surface area (Å²) in [7, 11) is 0. The second-order valence-electron chi connectivity index (χ2n) is 3.12. The minimum Gasteiger partial charge on any atom is -0.381 e. The lowest BCUT2D eigenvalue weighted by molar-refractivity contribution is 0.147. The van der Waals surface area contributed by atoms with E-state index >= 15 is 0 Å². The average Bonchev–Trinajstić information content (AvgIpc) is 2.63. The predicted octanol–water partition coefficient (Wildman–Crippen LogP) is 3.00. The van der Waals surface area contributed by atoms with Crippen molar-refractivity contribution in [1.29, 1.82) is 0 Å². The molecule has 16 heavy (non-hydrogen) atoms. The van der Waals surface area contributed by atoms with Gasteiger partial charge in [0.25, 0.3) is 6.43 Å². The van der Waals surface area contributed by atoms with Crippen LogP contribution >= 0.6 is 0 Å². The quantitative estimate of drug-likeness (QED) is 0.859. The van der Waals surface area contributed by atoms with Crippen molar-refractivity contribution in [2.75, 3.05) is 5.73 Å². The minimum atomic E-state index is -2.93. The number of nitrogens with two attached hydrogens (primary N) is 1. The van der Waals surface area contributed by atoms with Gasteiger partial charge in [-0.05, 0) is 6.07 Å². The van der Waals surface area contributed by atoms with Gasteiger partial charge in [-0.15, -0.1) is 0 Å². The molecule has 0 saturated heterocycles. The van der Waals surface area contributed by atoms with Gasteiger partial charge < -0.3 is 10.3 Å². The molecule has 1 aromatic carbocycles. The molecule has 0 amide bonds. The molecule has 2 N–H and O–H groups in total. The van der Waals surface area contributed by atoms with Crippen LogP contribution in [0.3, 0.4) is 0 Å². The Kier molecular flexibility index (Phi) is 2.55. The molecule has 0 unspecified atom stereocenters. The van der Waals surface area contributed by atoms with Gasteiger partial charge >= 0.3 is 0 Å². The van der Waals surface area contributed by atoms with Gasteiger partial charge in [0.05, 0.1) is 5.56 Å². The number of halogens is 3. The highest BCUT2D eigenvalue weighted by molar-refractivity contribution is 5.64. The summed E-state index contributed by atoms with van der Waals surface area (Å²) in [5.74, 6) is -0.908. The first-order chi connectivity index (χ1) is 7.59. The smallest absolute Gasteiger partial charge is 0.267 e. The third-order valence-corrected chi connectivity index (χ3v) is 2.06. The lowest BCUT2D eigenvalue weighted by Gasteiger charge is -2.06. The molecule has 3 nitrogen and oxygen atoms in total. The van der Waals surface area contributed by atoms with Crippen LogP contribution in [0.2, 0.25) is 0 Å². The van der Waals surface area contributed by atoms with Gasteiger partial charge in [-0.1, -0.05) is 17.3 Å². The number of rotatable bonds is 2. The largest absolute Gasteiger partial charge is 0.381 e. The topological polar surface area (TPSA) is 52.0 Å². The predicted molar refractivity (Wildman–Crippen MR) is 51.3 cm³/mol. The molecule has 0 spiro atoms. The molecular weight excluding hydrogens is 221 g/mol. The van der Waals surface area contributed by atoms with E-state index in [1.165, 1.54) is 18.2 Å². The first-order valence-electron chi connectivity index (χ1n) is 4.38. The summed E-state index contributed by atoms with van der Waals surface area (Å²) in [5.41, 5.74) is 4.54. The van der Waals surface area contributed by atoms with Crippen LogP contribution in [0.25, 0.3) is 11.3 Å². The molecule has 0 bridgehead atoms. The maximum absolute atomic E-state index is 13.2. The van der Waals surface area contributed by atoms with Crippen molar-refractivity contribution >= 4 is 5.82 Å². The number of nitrogens with zero attached hydrogens (tertiary/aromatic N) is 1. The van der Waals surface area contributed by atoms with Crippen molar-refractivity contribution in [2.24, 2.45) is 0 Å². The summed E-state index contributed by atoms with van der Waals surface area (Å²) in [6.45, 7) is 0. The monoisotopic (exact) mass is 228 g/mol. The molecule has 0 saturated carbocycles. The first kappa shape index (κ1) is 10.5. The lowest BCUT2D eigenvalue weighted by atomic mass is 10.1. The fourth-order valence-electron chi connectivity index (χ4n) is 1.39. The van der Waals surface area contributed by atoms with E-state index in [1.807, 2.05) is 0 Å². The number of anilines is 1. The SMILES string of the molecule is Nc1cc(-c2cccc(F)c2C(F)F)on1. The van der Waals surface area contributed by atoms with E-state index < -0.39 is 17.8 Å². The number of nitrogen functional groups attached to an aromatic ring is 1. The Hall–Kier alpha value is -1.98. The standard InChI is InChI=1S/C10H7F3N2O/c11-6-3-1-2-5(9(6)10(12)13)7-4-8(14)15-16-7/h1-4,10H,(H2,14,15). The number of alkyl halides is 2. The average molecular weight is 228 g/mol. The van der Waals surface area contributed by atoms with Crippen molar-refractivity contribution < 1.29 is 17.7 Å². The van der Waals surface area contributed by atoms with E-state index in [0.717, 1.165) is 6.07 Å². The summed E-state index contributed by atoms with van der Waals surface area (Å²) in [4.78, 5) is 0. The van der Waals surface area contributed by atoms with Crippen molar-refractivity contribution in [2.45, 2.75) is 6.43 Å². The van der Waals surface area contributed by atoms with Crippen molar-refractivity contribution in [3.8, 4) is 11.3 Å². The van der Waals surface area contributed by atoms with Crippen LogP contribution in [-0.4, -0.2) is 5.16 Å². The van der Waals surface area contributed by atoms with E-state index in [-0.39, 0.29) is 17.1 Å². The van der Waals surface area contributed by atoms with Crippen LogP contribution in [0.4, 0.5) is 19.0 Å². The molecule has 0 atom stereocenters. The molecule has 2 rings (SSSR count). The van der Waals surface area contributed by atoms with Crippen LogP contribution in [0.1, 0.15) is 12.0 Å². The minimum absolute atomic E-state index is 0.0206. The Bertz CT molecular complexity index is 511. The van der Waals surface area contributed by atoms with Crippen molar-refractivity contribution in [3.05, 3.63) is 35.6 Å². The first-order valence-corrected chi connectivity index (χ1v) is 4.38. The normalized spacial score (nSPS) is 11.0. The van der Waals surface area contributed by atoms with Gasteiger partial charge in [0.2, 0.25) is 0 Å². The van der Waals surface area contributed by atoms with Gasteiger partial charge in [0.15, 0.2) is 11.6 Å². The number of benzene rings is 1. The number of hydrogen-bond donors (Lipinski definition) is 1. The molecule has 0 radical (unpaired) electrons. The van der Waals surface area contributed by atoms with Crippen LogP contribution in [0.5, 0.6) is 0 Å². The van der Waals surface area contributed by atoms with Gasteiger partial charge in [0, 0.05) is 11.6 Å². The molecule has 1 heterocycles. The molecule has 6 heteroatoms. The fourth-order valence-corrected chi connectivity index (χ4v) is 1.39. The van der Waals surface area contributed by atoms with Crippen LogP contribution in [0.15, 0.2) is 28.8 Å². The van der Waals surface area contributed by atoms with Gasteiger partial charge in [-0.3, -0.25) is 0 Å². The molecule has 1 aromatic heterocycles. The van der Waals surface area contributed by atoms with Gasteiger partial charge in [-0.2, -0.15) is 0 Å². The zero-order valence-corrected chi connectivity index (χ0v) is 7.95. The number of hydrogen-bond acceptors (Lipinski definition) is 3. The van der Waals surface area contributed by atoms with Crippen LogP contribution in [0, 0.1) is 5.82 Å². The second kappa shape index (κ2) is 3.88. The zero-order chi connectivity index (χ0) is 11.7. The van der Waals surface area contributed by atoms with Crippen LogP contribution < -0.4 is 5.73 Å². The summed E-state index contributed by atoms with van der Waals surface area (Å²) < 4.78 is 43.2. The van der Waals surface area contributed by atoms with E-state index in [1.54, 1.807) is 0 Å². The molecule has 0 aliphatic heterocycles. The highest BCUT2D eigenvalue weighted by Gasteiger charge is 2.21. The second-order valence-corrected chi connectivity index (χ2v) is 3.12. The molecule has 0 aliphatic rings. The fraction of sp³-hybridized carbons (Fsp3) is 0.100. The lowest BCUT2D eigenvalue weighted by Crippen LogP contribution is -1.94. The molecule has 2 aromatic rings. The molecule has 84 valence electrons. The third-order valence-electron chi connectivity index (χ3n) is 2.06. The molecule has 0 fully saturated rings. The Labute approximate surface area is 88.7 Å². The molecular formula is C10H7F3N2O. The summed E-state index contributed by atoms with van der Waals surface area (Å²) >= 11 is 0. The maximum atomic E-state index is 13.2. The number of aromatic nitrogens is 1. The maximum Gasteiger partial charge on any atom is 0.267 e. The van der Waals surface area contributed by atoms with Gasteiger partial charge in [-0.25, -0.2) is 13.2 Å². The van der Waals surface area contributed by atoms with E-state index in [0.29, 0.717) is 0 Å². The zero-order valence-electron chi connectivity index (χ0n) is 7.95. The summed E-state index contributed by atoms with van der Waals surface area (Å²) in [6.07, 6.45) is -2.93. The molecule has 0 aliphatic carbocycles. The van der Waals surface area contributed by atoms with E-state index in [2.05, 4.69) is 5.16 Å². The van der Waals surface area contributed by atoms with Crippen molar-refractivity contribution in [1.82, 2.24) is 5.16 Å². The van der Waals surface area contributed by atoms with E-state index in [9.17, 15) is 13.2 Å². The third kappa shape index (κ3) is 1.73. The Morgan fingerprint density at radius 3 is 2.62 bits per heavy atom. The van der Waals surface area contributed by atoms with E-state index in [4.69, 9.17) is 10.3 Å².